The molecule has 1 heterocycles. The highest BCUT2D eigenvalue weighted by Gasteiger charge is 2.62. The van der Waals surface area contributed by atoms with Crippen LogP contribution in [0, 0.1) is 20.2 Å². The van der Waals surface area contributed by atoms with E-state index in [1.165, 1.54) is 36.4 Å². The SMILES string of the molecule is O=C1c2ccccc2O[C@H](c2cccc([N+](=O)[O-])c2)[C@@]1(Cl)[N+](=O)[O-]. The predicted octanol–water partition coefficient (Wildman–Crippen LogP) is 3.12. The third-order valence-corrected chi connectivity index (χ3v) is 4.20. The first kappa shape index (κ1) is 15.9. The highest BCUT2D eigenvalue weighted by atomic mass is 35.5. The van der Waals surface area contributed by atoms with Gasteiger partial charge in [0.2, 0.25) is 6.10 Å². The quantitative estimate of drug-likeness (QED) is 0.364. The number of carbonyl (C=O) groups is 1. The number of ether oxygens (including phenoxy) is 1. The molecule has 1 aliphatic rings. The summed E-state index contributed by atoms with van der Waals surface area (Å²) in [6.07, 6.45) is -1.50. The molecule has 24 heavy (non-hydrogen) atoms. The highest BCUT2D eigenvalue weighted by Crippen LogP contribution is 2.45. The number of Topliss-reactive ketones (excluding diaryl/α,β-unsaturated/α-hetero) is 1. The molecule has 0 unspecified atom stereocenters. The summed E-state index contributed by atoms with van der Waals surface area (Å²) in [5.74, 6) is -0.787. The first-order valence-corrected chi connectivity index (χ1v) is 7.11. The Morgan fingerprint density at radius 1 is 1.08 bits per heavy atom. The van der Waals surface area contributed by atoms with Crippen LogP contribution in [-0.2, 0) is 0 Å². The number of ketones is 1. The number of hydrogen-bond donors (Lipinski definition) is 0. The van der Waals surface area contributed by atoms with E-state index in [0.29, 0.717) is 0 Å². The first-order chi connectivity index (χ1) is 11.4. The zero-order chi connectivity index (χ0) is 17.5. The lowest BCUT2D eigenvalue weighted by Crippen LogP contribution is -2.51. The van der Waals surface area contributed by atoms with Crippen molar-refractivity contribution in [2.75, 3.05) is 0 Å². The molecule has 0 radical (unpaired) electrons. The fourth-order valence-electron chi connectivity index (χ4n) is 2.54. The Bertz CT molecular complexity index is 871. The number of hydrogen-bond acceptors (Lipinski definition) is 6. The monoisotopic (exact) mass is 348 g/mol. The minimum absolute atomic E-state index is 0.00844. The van der Waals surface area contributed by atoms with Gasteiger partial charge in [0.25, 0.3) is 11.5 Å². The average Bonchev–Trinajstić information content (AvgIpc) is 2.58. The Balaban J connectivity index is 2.19. The first-order valence-electron chi connectivity index (χ1n) is 6.74. The van der Waals surface area contributed by atoms with E-state index >= 15 is 0 Å². The lowest BCUT2D eigenvalue weighted by atomic mass is 9.91. The number of fused-ring (bicyclic) bond motifs is 1. The Kier molecular flexibility index (Phi) is 3.69. The molecule has 2 aromatic rings. The second-order valence-corrected chi connectivity index (χ2v) is 5.68. The number of rotatable bonds is 3. The van der Waals surface area contributed by atoms with Crippen LogP contribution >= 0.6 is 11.6 Å². The highest BCUT2D eigenvalue weighted by molar-refractivity contribution is 6.37. The van der Waals surface area contributed by atoms with Gasteiger partial charge in [0, 0.05) is 17.7 Å². The van der Waals surface area contributed by atoms with Gasteiger partial charge >= 0.3 is 5.00 Å². The van der Waals surface area contributed by atoms with Crippen LogP contribution in [-0.4, -0.2) is 20.6 Å². The van der Waals surface area contributed by atoms with Crippen LogP contribution in [0.25, 0.3) is 0 Å². The summed E-state index contributed by atoms with van der Waals surface area (Å²) in [5, 5.41) is 22.5. The summed E-state index contributed by atoms with van der Waals surface area (Å²) in [6, 6.07) is 11.1. The minimum Gasteiger partial charge on any atom is -0.475 e. The molecule has 0 amide bonds. The van der Waals surface area contributed by atoms with Gasteiger partial charge in [-0.1, -0.05) is 24.3 Å². The van der Waals surface area contributed by atoms with Gasteiger partial charge in [-0.15, -0.1) is 0 Å². The van der Waals surface area contributed by atoms with Crippen molar-refractivity contribution in [3.8, 4) is 5.75 Å². The van der Waals surface area contributed by atoms with Crippen molar-refractivity contribution in [2.24, 2.45) is 0 Å². The smallest absolute Gasteiger partial charge is 0.397 e. The lowest BCUT2D eigenvalue weighted by molar-refractivity contribution is -0.536. The van der Waals surface area contributed by atoms with Gasteiger partial charge < -0.3 is 4.74 Å². The molecule has 0 aromatic heterocycles. The molecule has 0 saturated carbocycles. The van der Waals surface area contributed by atoms with E-state index in [1.54, 1.807) is 6.07 Å². The van der Waals surface area contributed by atoms with Gasteiger partial charge in [-0.05, 0) is 23.7 Å². The van der Waals surface area contributed by atoms with Gasteiger partial charge in [0.1, 0.15) is 5.75 Å². The molecule has 1 aliphatic heterocycles. The van der Waals surface area contributed by atoms with E-state index in [9.17, 15) is 25.0 Å². The van der Waals surface area contributed by atoms with Gasteiger partial charge in [0.05, 0.1) is 15.4 Å². The third kappa shape index (κ3) is 2.28. The zero-order valence-corrected chi connectivity index (χ0v) is 12.7. The third-order valence-electron chi connectivity index (χ3n) is 3.69. The largest absolute Gasteiger partial charge is 0.475 e. The van der Waals surface area contributed by atoms with Crippen LogP contribution in [0.3, 0.4) is 0 Å². The van der Waals surface area contributed by atoms with E-state index in [-0.39, 0.29) is 22.6 Å². The van der Waals surface area contributed by atoms with Crippen LogP contribution in [0.15, 0.2) is 48.5 Å². The van der Waals surface area contributed by atoms with E-state index < -0.39 is 26.7 Å². The number of para-hydroxylation sites is 1. The number of non-ortho nitro benzene ring substituents is 1. The molecule has 0 N–H and O–H groups in total. The van der Waals surface area contributed by atoms with Gasteiger partial charge in [0.15, 0.2) is 0 Å². The average molecular weight is 349 g/mol. The Morgan fingerprint density at radius 3 is 2.46 bits per heavy atom. The summed E-state index contributed by atoms with van der Waals surface area (Å²) in [7, 11) is 0. The summed E-state index contributed by atoms with van der Waals surface area (Å²) >= 11 is 6.08. The molecule has 0 fully saturated rings. The molecule has 0 bridgehead atoms. The molecule has 2 aromatic carbocycles. The summed E-state index contributed by atoms with van der Waals surface area (Å²) < 4.78 is 5.58. The maximum absolute atomic E-state index is 12.6. The summed E-state index contributed by atoms with van der Waals surface area (Å²) in [5.41, 5.74) is -0.227. The Morgan fingerprint density at radius 2 is 1.79 bits per heavy atom. The van der Waals surface area contributed by atoms with Crippen molar-refractivity contribution in [1.29, 1.82) is 0 Å². The molecule has 0 aliphatic carbocycles. The van der Waals surface area contributed by atoms with Crippen molar-refractivity contribution in [3.63, 3.8) is 0 Å². The Labute approximate surface area is 139 Å². The minimum atomic E-state index is -2.61. The van der Waals surface area contributed by atoms with Crippen molar-refractivity contribution in [3.05, 3.63) is 79.9 Å². The van der Waals surface area contributed by atoms with Gasteiger partial charge in [-0.2, -0.15) is 0 Å². The number of carbonyl (C=O) groups excluding carboxylic acids is 1. The van der Waals surface area contributed by atoms with Gasteiger partial charge in [-0.3, -0.25) is 25.0 Å². The van der Waals surface area contributed by atoms with Crippen LogP contribution in [0.2, 0.25) is 0 Å². The fraction of sp³-hybridized carbons (Fsp3) is 0.133. The van der Waals surface area contributed by atoms with Crippen molar-refractivity contribution in [2.45, 2.75) is 11.1 Å². The second-order valence-electron chi connectivity index (χ2n) is 5.11. The molecular formula is C15H9ClN2O6. The van der Waals surface area contributed by atoms with E-state index in [0.717, 1.165) is 6.07 Å². The van der Waals surface area contributed by atoms with E-state index in [4.69, 9.17) is 16.3 Å². The number of nitrogens with zero attached hydrogens (tertiary/aromatic N) is 2. The maximum atomic E-state index is 12.6. The number of halogens is 1. The van der Waals surface area contributed by atoms with E-state index in [1.807, 2.05) is 0 Å². The molecule has 9 heteroatoms. The normalized spacial score (nSPS) is 22.4. The zero-order valence-electron chi connectivity index (χ0n) is 11.9. The maximum Gasteiger partial charge on any atom is 0.397 e. The molecular weight excluding hydrogens is 340 g/mol. The topological polar surface area (TPSA) is 113 Å². The van der Waals surface area contributed by atoms with Crippen molar-refractivity contribution >= 4 is 23.1 Å². The standard InChI is InChI=1S/C15H9ClN2O6/c16-15(18(22)23)13(19)11-6-1-2-7-12(11)24-14(15)9-4-3-5-10(8-9)17(20)21/h1-8,14H/t14-,15+/m1/s1. The molecule has 0 spiro atoms. The van der Waals surface area contributed by atoms with Crippen molar-refractivity contribution in [1.82, 2.24) is 0 Å². The fourth-order valence-corrected chi connectivity index (χ4v) is 2.81. The summed E-state index contributed by atoms with van der Waals surface area (Å²) in [4.78, 5) is 30.9. The van der Waals surface area contributed by atoms with Crippen LogP contribution < -0.4 is 4.74 Å². The number of benzene rings is 2. The number of nitro benzene ring substituents is 1. The second kappa shape index (κ2) is 5.57. The van der Waals surface area contributed by atoms with Gasteiger partial charge in [-0.25, -0.2) is 0 Å². The molecule has 0 saturated heterocycles. The van der Waals surface area contributed by atoms with Crippen LogP contribution in [0.4, 0.5) is 5.69 Å². The molecule has 3 rings (SSSR count). The van der Waals surface area contributed by atoms with Crippen molar-refractivity contribution < 1.29 is 19.4 Å². The molecule has 8 nitrogen and oxygen atoms in total. The molecule has 2 atom stereocenters. The summed E-state index contributed by atoms with van der Waals surface area (Å²) in [6.45, 7) is 0. The number of nitro groups is 2. The molecule has 122 valence electrons. The van der Waals surface area contributed by atoms with Crippen LogP contribution in [0.5, 0.6) is 5.75 Å². The predicted molar refractivity (Wildman–Crippen MR) is 82.8 cm³/mol. The number of alkyl halides is 1. The lowest BCUT2D eigenvalue weighted by Gasteiger charge is -2.32. The Hall–Kier alpha value is -3.00. The van der Waals surface area contributed by atoms with Crippen LogP contribution in [0.1, 0.15) is 22.0 Å². The van der Waals surface area contributed by atoms with E-state index in [2.05, 4.69) is 0 Å².